The van der Waals surface area contributed by atoms with Crippen LogP contribution in [-0.2, 0) is 28.6 Å². The van der Waals surface area contributed by atoms with Crippen LogP contribution in [0.5, 0.6) is 0 Å². The standard InChI is InChI=1S/C63H106O6/c1-4-7-10-13-16-19-22-25-28-31-34-37-40-43-46-49-52-55-61(64)67-58-60(69-63(66)57-54-51-48-45-42-39-36-33-30-27-24-21-18-15-12-9-6-3)59-68-62(65)56-53-50-47-44-41-38-35-32-29-26-23-20-17-14-11-8-5-2/h16,18-19,21,25-30,34,36-37,39,43,46,60H,4-15,17,20,22-24,31-33,35,38,40-42,44-45,47-59H2,1-3H3/b19-16-,21-18-,28-25-,29-26-,30-27-,37-34-,39-36-,46-43-/t60-/m0/s1. The third kappa shape index (κ3) is 55.1. The minimum absolute atomic E-state index is 0.106. The van der Waals surface area contributed by atoms with Crippen molar-refractivity contribution in [3.8, 4) is 0 Å². The highest BCUT2D eigenvalue weighted by Crippen LogP contribution is 2.14. The van der Waals surface area contributed by atoms with Crippen LogP contribution >= 0.6 is 0 Å². The second-order valence-corrected chi connectivity index (χ2v) is 18.8. The molecule has 6 nitrogen and oxygen atoms in total. The Bertz CT molecular complexity index is 1380. The Hall–Kier alpha value is -3.67. The molecule has 0 aromatic carbocycles. The Morgan fingerprint density at radius 3 is 0.913 bits per heavy atom. The average molecular weight is 960 g/mol. The van der Waals surface area contributed by atoms with Crippen molar-refractivity contribution < 1.29 is 28.6 Å². The van der Waals surface area contributed by atoms with Gasteiger partial charge in [0.1, 0.15) is 13.2 Å². The highest BCUT2D eigenvalue weighted by molar-refractivity contribution is 5.71. The SMILES string of the molecule is CCCCC/C=C\C/C=C\C/C=C\C/C=C\CCCC(=O)OC[C@@H](COC(=O)CCCCCCCCC/C=C\CCCCCCCC)OC(=O)CCCCCC/C=C\C/C=C\C/C=C\CCCCC. The van der Waals surface area contributed by atoms with E-state index < -0.39 is 6.10 Å². The molecule has 69 heavy (non-hydrogen) atoms. The van der Waals surface area contributed by atoms with Gasteiger partial charge in [-0.25, -0.2) is 0 Å². The summed E-state index contributed by atoms with van der Waals surface area (Å²) in [6.45, 7) is 6.52. The molecule has 0 aliphatic carbocycles. The van der Waals surface area contributed by atoms with E-state index in [9.17, 15) is 14.4 Å². The van der Waals surface area contributed by atoms with Gasteiger partial charge in [0.05, 0.1) is 0 Å². The number of ether oxygens (including phenoxy) is 3. The molecule has 0 aliphatic heterocycles. The smallest absolute Gasteiger partial charge is 0.306 e. The van der Waals surface area contributed by atoms with Crippen LogP contribution in [0.1, 0.15) is 265 Å². The molecule has 394 valence electrons. The number of carbonyl (C=O) groups is 3. The Labute approximate surface area is 426 Å². The summed E-state index contributed by atoms with van der Waals surface area (Å²) in [5.41, 5.74) is 0. The summed E-state index contributed by atoms with van der Waals surface area (Å²) in [5.74, 6) is -0.988. The number of unbranched alkanes of at least 4 members (excludes halogenated alkanes) is 24. The third-order valence-electron chi connectivity index (χ3n) is 12.0. The fourth-order valence-corrected chi connectivity index (χ4v) is 7.67. The van der Waals surface area contributed by atoms with Crippen LogP contribution in [0.25, 0.3) is 0 Å². The first kappa shape index (κ1) is 65.3. The first-order valence-corrected chi connectivity index (χ1v) is 28.7. The molecule has 0 amide bonds. The van der Waals surface area contributed by atoms with Gasteiger partial charge in [-0.1, -0.05) is 221 Å². The molecule has 0 rings (SSSR count). The first-order valence-electron chi connectivity index (χ1n) is 28.7. The number of hydrogen-bond acceptors (Lipinski definition) is 6. The van der Waals surface area contributed by atoms with Crippen molar-refractivity contribution >= 4 is 17.9 Å². The highest BCUT2D eigenvalue weighted by Gasteiger charge is 2.19. The molecular weight excluding hydrogens is 853 g/mol. The zero-order chi connectivity index (χ0) is 50.0. The zero-order valence-corrected chi connectivity index (χ0v) is 45.0. The lowest BCUT2D eigenvalue weighted by molar-refractivity contribution is -0.167. The molecule has 0 bridgehead atoms. The molecule has 1 atom stereocenters. The molecule has 6 heteroatoms. The summed E-state index contributed by atoms with van der Waals surface area (Å²) in [4.78, 5) is 38.1. The molecule has 0 aromatic rings. The van der Waals surface area contributed by atoms with E-state index in [4.69, 9.17) is 14.2 Å². The van der Waals surface area contributed by atoms with Crippen molar-refractivity contribution in [2.75, 3.05) is 13.2 Å². The predicted octanol–water partition coefficient (Wildman–Crippen LogP) is 19.3. The largest absolute Gasteiger partial charge is 0.462 e. The van der Waals surface area contributed by atoms with Gasteiger partial charge >= 0.3 is 17.9 Å². The van der Waals surface area contributed by atoms with Crippen molar-refractivity contribution in [2.24, 2.45) is 0 Å². The Kier molecular flexibility index (Phi) is 53.9. The summed E-state index contributed by atoms with van der Waals surface area (Å²) < 4.78 is 16.8. The van der Waals surface area contributed by atoms with E-state index in [1.165, 1.54) is 128 Å². The monoisotopic (exact) mass is 959 g/mol. The summed E-state index contributed by atoms with van der Waals surface area (Å²) in [6, 6.07) is 0. The number of carbonyl (C=O) groups excluding carboxylic acids is 3. The first-order chi connectivity index (χ1) is 34.0. The van der Waals surface area contributed by atoms with E-state index in [2.05, 4.69) is 118 Å². The predicted molar refractivity (Wildman–Crippen MR) is 297 cm³/mol. The lowest BCUT2D eigenvalue weighted by atomic mass is 10.1. The van der Waals surface area contributed by atoms with E-state index in [0.717, 1.165) is 89.9 Å². The summed E-state index contributed by atoms with van der Waals surface area (Å²) in [5, 5.41) is 0. The van der Waals surface area contributed by atoms with Gasteiger partial charge in [-0.2, -0.15) is 0 Å². The molecule has 0 aliphatic rings. The van der Waals surface area contributed by atoms with Gasteiger partial charge in [-0.15, -0.1) is 0 Å². The van der Waals surface area contributed by atoms with Crippen LogP contribution in [0.3, 0.4) is 0 Å². The fourth-order valence-electron chi connectivity index (χ4n) is 7.67. The number of allylic oxidation sites excluding steroid dienone is 16. The molecule has 0 aromatic heterocycles. The van der Waals surface area contributed by atoms with Crippen molar-refractivity contribution in [2.45, 2.75) is 271 Å². The Morgan fingerprint density at radius 2 is 0.536 bits per heavy atom. The molecule has 0 spiro atoms. The van der Waals surface area contributed by atoms with Gasteiger partial charge in [0, 0.05) is 19.3 Å². The van der Waals surface area contributed by atoms with E-state index in [0.29, 0.717) is 12.8 Å². The van der Waals surface area contributed by atoms with Gasteiger partial charge < -0.3 is 14.2 Å². The van der Waals surface area contributed by atoms with E-state index in [1.54, 1.807) is 0 Å². The van der Waals surface area contributed by atoms with Crippen molar-refractivity contribution in [1.82, 2.24) is 0 Å². The summed E-state index contributed by atoms with van der Waals surface area (Å²) in [6.07, 6.45) is 75.4. The van der Waals surface area contributed by atoms with Crippen molar-refractivity contribution in [1.29, 1.82) is 0 Å². The molecule has 0 saturated heterocycles. The minimum Gasteiger partial charge on any atom is -0.462 e. The van der Waals surface area contributed by atoms with Crippen LogP contribution in [0.2, 0.25) is 0 Å². The van der Waals surface area contributed by atoms with Crippen LogP contribution in [0.4, 0.5) is 0 Å². The number of hydrogen-bond donors (Lipinski definition) is 0. The Balaban J connectivity index is 4.52. The summed E-state index contributed by atoms with van der Waals surface area (Å²) in [7, 11) is 0. The molecule has 0 unspecified atom stereocenters. The van der Waals surface area contributed by atoms with Gasteiger partial charge in [0.25, 0.3) is 0 Å². The van der Waals surface area contributed by atoms with E-state index >= 15 is 0 Å². The second-order valence-electron chi connectivity index (χ2n) is 18.8. The van der Waals surface area contributed by atoms with Gasteiger partial charge in [0.15, 0.2) is 6.10 Å². The van der Waals surface area contributed by atoms with E-state index in [-0.39, 0.29) is 44.0 Å². The number of esters is 3. The minimum atomic E-state index is -0.814. The zero-order valence-electron chi connectivity index (χ0n) is 45.0. The Morgan fingerprint density at radius 1 is 0.290 bits per heavy atom. The van der Waals surface area contributed by atoms with Crippen LogP contribution in [0.15, 0.2) is 97.2 Å². The van der Waals surface area contributed by atoms with Crippen LogP contribution in [0, 0.1) is 0 Å². The maximum atomic E-state index is 12.8. The molecule has 0 N–H and O–H groups in total. The highest BCUT2D eigenvalue weighted by atomic mass is 16.6. The molecule has 0 saturated carbocycles. The maximum absolute atomic E-state index is 12.8. The average Bonchev–Trinajstić information content (AvgIpc) is 3.35. The summed E-state index contributed by atoms with van der Waals surface area (Å²) >= 11 is 0. The quantitative estimate of drug-likeness (QED) is 0.0262. The molecule has 0 heterocycles. The normalized spacial score (nSPS) is 12.8. The lowest BCUT2D eigenvalue weighted by Gasteiger charge is -2.18. The van der Waals surface area contributed by atoms with Crippen molar-refractivity contribution in [3.63, 3.8) is 0 Å². The van der Waals surface area contributed by atoms with E-state index in [1.807, 2.05) is 0 Å². The van der Waals surface area contributed by atoms with Gasteiger partial charge in [0.2, 0.25) is 0 Å². The fraction of sp³-hybridized carbons (Fsp3) is 0.698. The van der Waals surface area contributed by atoms with Gasteiger partial charge in [-0.05, 0) is 122 Å². The topological polar surface area (TPSA) is 78.9 Å². The van der Waals surface area contributed by atoms with Crippen LogP contribution < -0.4 is 0 Å². The molecule has 0 radical (unpaired) electrons. The second kappa shape index (κ2) is 56.9. The van der Waals surface area contributed by atoms with Crippen molar-refractivity contribution in [3.05, 3.63) is 97.2 Å². The maximum Gasteiger partial charge on any atom is 0.306 e. The molecular formula is C63H106O6. The molecule has 0 fully saturated rings. The third-order valence-corrected chi connectivity index (χ3v) is 12.0. The lowest BCUT2D eigenvalue weighted by Crippen LogP contribution is -2.30. The number of rotatable bonds is 51. The van der Waals surface area contributed by atoms with Crippen LogP contribution in [-0.4, -0.2) is 37.2 Å². The van der Waals surface area contributed by atoms with Gasteiger partial charge in [-0.3, -0.25) is 14.4 Å².